The van der Waals surface area contributed by atoms with E-state index in [1.54, 1.807) is 0 Å². The molecule has 0 unspecified atom stereocenters. The molecule has 0 saturated heterocycles. The average Bonchev–Trinajstić information content (AvgIpc) is 3.10. The molecule has 0 aliphatic carbocycles. The maximum atomic E-state index is 13.0. The Bertz CT molecular complexity index is 680. The number of nitrogens with one attached hydrogen (secondary N) is 1. The van der Waals surface area contributed by atoms with Crippen LogP contribution in [0, 0.1) is 24.2 Å². The van der Waals surface area contributed by atoms with Gasteiger partial charge in [-0.2, -0.15) is 0 Å². The zero-order valence-corrected chi connectivity index (χ0v) is 20.5. The van der Waals surface area contributed by atoms with E-state index < -0.39 is 0 Å². The number of imide groups is 1. The molecule has 0 bridgehead atoms. The van der Waals surface area contributed by atoms with Gasteiger partial charge >= 0.3 is 0 Å². The molecule has 1 heterocycles. The number of ether oxygens (including phenoxy) is 1. The number of terminal acetylenes is 1. The second-order valence-electron chi connectivity index (χ2n) is 8.85. The Kier molecular flexibility index (Phi) is 13.4. The first-order valence-electron chi connectivity index (χ1n) is 12.2. The molecule has 180 valence electrons. The number of methoxy groups -OCH3 is 1. The van der Waals surface area contributed by atoms with Crippen molar-refractivity contribution in [2.75, 3.05) is 13.7 Å². The first kappa shape index (κ1) is 27.7. The lowest BCUT2D eigenvalue weighted by atomic mass is 10.00. The fraction of sp³-hybridized carbons (Fsp3) is 0.731. The Morgan fingerprint density at radius 2 is 1.81 bits per heavy atom. The first-order chi connectivity index (χ1) is 15.4. The molecule has 6 heteroatoms. The summed E-state index contributed by atoms with van der Waals surface area (Å²) < 4.78 is 5.40. The smallest absolute Gasteiger partial charge is 0.257 e. The number of hydrogen-bond donors (Lipinski definition) is 1. The van der Waals surface area contributed by atoms with Gasteiger partial charge in [0.2, 0.25) is 11.8 Å². The molecular formula is C26H42N2O4. The van der Waals surface area contributed by atoms with Crippen LogP contribution >= 0.6 is 0 Å². The number of amides is 3. The van der Waals surface area contributed by atoms with Crippen LogP contribution in [-0.4, -0.2) is 42.3 Å². The summed E-state index contributed by atoms with van der Waals surface area (Å²) in [5, 5.41) is 2.99. The van der Waals surface area contributed by atoms with Crippen LogP contribution in [0.5, 0.6) is 0 Å². The molecule has 3 amide bonds. The molecule has 32 heavy (non-hydrogen) atoms. The van der Waals surface area contributed by atoms with Crippen LogP contribution in [0.25, 0.3) is 0 Å². The van der Waals surface area contributed by atoms with E-state index in [0.717, 1.165) is 64.2 Å². The van der Waals surface area contributed by atoms with Gasteiger partial charge < -0.3 is 10.1 Å². The largest absolute Gasteiger partial charge is 0.499 e. The highest BCUT2D eigenvalue weighted by molar-refractivity contribution is 6.04. The fourth-order valence-corrected chi connectivity index (χ4v) is 4.02. The van der Waals surface area contributed by atoms with Crippen molar-refractivity contribution in [3.8, 4) is 12.3 Å². The molecule has 0 fully saturated rings. The molecule has 1 aliphatic rings. The third-order valence-corrected chi connectivity index (χ3v) is 6.14. The van der Waals surface area contributed by atoms with E-state index in [4.69, 9.17) is 11.2 Å². The molecule has 0 aromatic heterocycles. The van der Waals surface area contributed by atoms with Gasteiger partial charge in [0.25, 0.3) is 5.91 Å². The molecular weight excluding hydrogens is 404 g/mol. The molecule has 1 aliphatic heterocycles. The van der Waals surface area contributed by atoms with Gasteiger partial charge in [-0.3, -0.25) is 19.3 Å². The normalized spacial score (nSPS) is 17.5. The Morgan fingerprint density at radius 3 is 2.47 bits per heavy atom. The second kappa shape index (κ2) is 15.5. The maximum absolute atomic E-state index is 13.0. The van der Waals surface area contributed by atoms with Gasteiger partial charge in [-0.25, -0.2) is 0 Å². The summed E-state index contributed by atoms with van der Waals surface area (Å²) >= 11 is 0. The standard InChI is InChI=1S/C26H42N2O4/c1-6-8-10-12-15-20(3)25(30)27-18-14-13-17-22-23(32-5)19-24(29)28(22)26(31)21(4)16-11-9-7-2/h1,19-22H,7-18H2,2-5H3,(H,27,30)/t20-,21-,22-/m1/s1. The predicted octanol–water partition coefficient (Wildman–Crippen LogP) is 4.59. The summed E-state index contributed by atoms with van der Waals surface area (Å²) in [6.45, 7) is 6.56. The lowest BCUT2D eigenvalue weighted by Gasteiger charge is -2.27. The number of carbonyl (C=O) groups excluding carboxylic acids is 3. The lowest BCUT2D eigenvalue weighted by molar-refractivity contribution is -0.146. The van der Waals surface area contributed by atoms with Crippen molar-refractivity contribution in [3.05, 3.63) is 11.8 Å². The highest BCUT2D eigenvalue weighted by Crippen LogP contribution is 2.27. The fourth-order valence-electron chi connectivity index (χ4n) is 4.02. The van der Waals surface area contributed by atoms with Gasteiger partial charge in [0.15, 0.2) is 0 Å². The predicted molar refractivity (Wildman–Crippen MR) is 127 cm³/mol. The number of hydrogen-bond acceptors (Lipinski definition) is 4. The quantitative estimate of drug-likeness (QED) is 0.278. The Morgan fingerprint density at radius 1 is 1.12 bits per heavy atom. The summed E-state index contributed by atoms with van der Waals surface area (Å²) in [4.78, 5) is 39.0. The van der Waals surface area contributed by atoms with Gasteiger partial charge in [-0.1, -0.05) is 46.5 Å². The highest BCUT2D eigenvalue weighted by Gasteiger charge is 2.39. The van der Waals surface area contributed by atoms with Crippen LogP contribution in [0.4, 0.5) is 0 Å². The summed E-state index contributed by atoms with van der Waals surface area (Å²) in [5.74, 6) is 2.63. The van der Waals surface area contributed by atoms with E-state index in [2.05, 4.69) is 18.2 Å². The minimum atomic E-state index is -0.348. The second-order valence-corrected chi connectivity index (χ2v) is 8.85. The number of nitrogens with zero attached hydrogens (tertiary/aromatic N) is 1. The number of carbonyl (C=O) groups is 3. The van der Waals surface area contributed by atoms with Crippen molar-refractivity contribution >= 4 is 17.7 Å². The van der Waals surface area contributed by atoms with Gasteiger partial charge in [0.05, 0.1) is 13.2 Å². The summed E-state index contributed by atoms with van der Waals surface area (Å²) in [6.07, 6.45) is 16.4. The lowest BCUT2D eigenvalue weighted by Crippen LogP contribution is -2.43. The van der Waals surface area contributed by atoms with Gasteiger partial charge in [-0.15, -0.1) is 12.3 Å². The highest BCUT2D eigenvalue weighted by atomic mass is 16.5. The number of rotatable bonds is 16. The number of unbranched alkanes of at least 4 members (excludes halogenated alkanes) is 5. The molecule has 1 N–H and O–H groups in total. The SMILES string of the molecule is C#CCCCC[C@@H](C)C(=O)NCCCC[C@@H]1C(OC)=CC(=O)N1C(=O)[C@H](C)CCCCC. The Labute approximate surface area is 194 Å². The third kappa shape index (κ3) is 9.06. The van der Waals surface area contributed by atoms with E-state index in [9.17, 15) is 14.4 Å². The van der Waals surface area contributed by atoms with E-state index in [1.165, 1.54) is 18.1 Å². The van der Waals surface area contributed by atoms with Gasteiger partial charge in [-0.05, 0) is 38.5 Å². The van der Waals surface area contributed by atoms with Crippen molar-refractivity contribution in [3.63, 3.8) is 0 Å². The van der Waals surface area contributed by atoms with Crippen LogP contribution in [0.2, 0.25) is 0 Å². The third-order valence-electron chi connectivity index (χ3n) is 6.14. The van der Waals surface area contributed by atoms with E-state index in [-0.39, 0.29) is 35.6 Å². The van der Waals surface area contributed by atoms with Crippen LogP contribution in [-0.2, 0) is 19.1 Å². The monoisotopic (exact) mass is 446 g/mol. The minimum absolute atomic E-state index is 0.0226. The Hall–Kier alpha value is -2.29. The summed E-state index contributed by atoms with van der Waals surface area (Å²) in [7, 11) is 1.54. The molecule has 0 radical (unpaired) electrons. The molecule has 3 atom stereocenters. The van der Waals surface area contributed by atoms with E-state index in [0.29, 0.717) is 18.7 Å². The van der Waals surface area contributed by atoms with Crippen molar-refractivity contribution in [2.45, 2.75) is 97.4 Å². The average molecular weight is 447 g/mol. The van der Waals surface area contributed by atoms with E-state index in [1.807, 2.05) is 13.8 Å². The Balaban J connectivity index is 2.46. The first-order valence-corrected chi connectivity index (χ1v) is 12.2. The molecule has 0 saturated carbocycles. The van der Waals surface area contributed by atoms with Gasteiger partial charge in [0, 0.05) is 30.9 Å². The summed E-state index contributed by atoms with van der Waals surface area (Å²) in [6, 6.07) is -0.348. The van der Waals surface area contributed by atoms with Crippen molar-refractivity contribution in [1.29, 1.82) is 0 Å². The van der Waals surface area contributed by atoms with E-state index >= 15 is 0 Å². The molecule has 0 aromatic rings. The van der Waals surface area contributed by atoms with Crippen molar-refractivity contribution in [2.24, 2.45) is 11.8 Å². The van der Waals surface area contributed by atoms with Crippen molar-refractivity contribution < 1.29 is 19.1 Å². The topological polar surface area (TPSA) is 75.7 Å². The van der Waals surface area contributed by atoms with Gasteiger partial charge in [0.1, 0.15) is 5.76 Å². The zero-order chi connectivity index (χ0) is 23.9. The molecule has 0 aromatic carbocycles. The molecule has 6 nitrogen and oxygen atoms in total. The summed E-state index contributed by atoms with van der Waals surface area (Å²) in [5.41, 5.74) is 0. The maximum Gasteiger partial charge on any atom is 0.257 e. The molecule has 1 rings (SSSR count). The van der Waals surface area contributed by atoms with Crippen LogP contribution in [0.15, 0.2) is 11.8 Å². The van der Waals surface area contributed by atoms with Crippen LogP contribution in [0.3, 0.4) is 0 Å². The van der Waals surface area contributed by atoms with Crippen molar-refractivity contribution in [1.82, 2.24) is 10.2 Å². The minimum Gasteiger partial charge on any atom is -0.499 e. The van der Waals surface area contributed by atoms with Crippen LogP contribution < -0.4 is 5.32 Å². The van der Waals surface area contributed by atoms with Crippen LogP contribution in [0.1, 0.15) is 91.4 Å². The molecule has 0 spiro atoms. The zero-order valence-electron chi connectivity index (χ0n) is 20.5.